The quantitative estimate of drug-likeness (QED) is 0.761. The standard InChI is InChI=1S/C19H22N4.3ClH/c1-22(2)13-17-10-21-11-18-14-23(7-6-19(17)18)12-16-5-3-4-15(8-16)9-20;;;/h3-5,8,10-11H,6-7,12-14H2,1-2H3;3*1H. The third-order valence-electron chi connectivity index (χ3n) is 4.26. The second-order valence-electron chi connectivity index (χ2n) is 6.45. The van der Waals surface area contributed by atoms with E-state index in [1.807, 2.05) is 30.6 Å². The van der Waals surface area contributed by atoms with Gasteiger partial charge < -0.3 is 4.90 Å². The molecular formula is C19H25Cl3N4. The first kappa shape index (κ1) is 24.7. The molecule has 1 aliphatic rings. The number of nitriles is 1. The third-order valence-corrected chi connectivity index (χ3v) is 4.26. The van der Waals surface area contributed by atoms with Crippen LogP contribution in [0.3, 0.4) is 0 Å². The highest BCUT2D eigenvalue weighted by molar-refractivity contribution is 5.86. The van der Waals surface area contributed by atoms with E-state index in [4.69, 9.17) is 5.26 Å². The molecule has 0 radical (unpaired) electrons. The largest absolute Gasteiger partial charge is 0.305 e. The van der Waals surface area contributed by atoms with Crippen molar-refractivity contribution in [2.24, 2.45) is 0 Å². The van der Waals surface area contributed by atoms with Crippen LogP contribution < -0.4 is 0 Å². The average molecular weight is 416 g/mol. The van der Waals surface area contributed by atoms with Crippen LogP contribution in [0, 0.1) is 11.3 Å². The Morgan fingerprint density at radius 3 is 2.65 bits per heavy atom. The molecule has 4 nitrogen and oxygen atoms in total. The van der Waals surface area contributed by atoms with Gasteiger partial charge in [-0.05, 0) is 54.9 Å². The summed E-state index contributed by atoms with van der Waals surface area (Å²) < 4.78 is 0. The van der Waals surface area contributed by atoms with Crippen LogP contribution in [0.15, 0.2) is 36.7 Å². The van der Waals surface area contributed by atoms with Crippen molar-refractivity contribution in [2.45, 2.75) is 26.1 Å². The number of hydrogen-bond donors (Lipinski definition) is 0. The number of nitrogens with zero attached hydrogens (tertiary/aromatic N) is 4. The van der Waals surface area contributed by atoms with E-state index in [0.717, 1.165) is 38.2 Å². The molecule has 0 saturated heterocycles. The van der Waals surface area contributed by atoms with Crippen LogP contribution in [0.5, 0.6) is 0 Å². The maximum atomic E-state index is 9.02. The Bertz CT molecular complexity index is 744. The zero-order valence-electron chi connectivity index (χ0n) is 15.0. The lowest BCUT2D eigenvalue weighted by Crippen LogP contribution is -2.31. The normalized spacial score (nSPS) is 12.8. The number of hydrogen-bond acceptors (Lipinski definition) is 4. The van der Waals surface area contributed by atoms with E-state index in [0.29, 0.717) is 0 Å². The molecule has 0 saturated carbocycles. The Hall–Kier alpha value is -1.35. The van der Waals surface area contributed by atoms with Crippen LogP contribution in [0.1, 0.15) is 27.8 Å². The molecule has 0 N–H and O–H groups in total. The van der Waals surface area contributed by atoms with Crippen LogP contribution in [-0.4, -0.2) is 35.4 Å². The van der Waals surface area contributed by atoms with Crippen molar-refractivity contribution in [3.8, 4) is 6.07 Å². The molecule has 26 heavy (non-hydrogen) atoms. The van der Waals surface area contributed by atoms with Crippen molar-refractivity contribution in [3.63, 3.8) is 0 Å². The smallest absolute Gasteiger partial charge is 0.0991 e. The van der Waals surface area contributed by atoms with Gasteiger partial charge in [0, 0.05) is 38.6 Å². The number of fused-ring (bicyclic) bond motifs is 1. The van der Waals surface area contributed by atoms with Gasteiger partial charge in [-0.2, -0.15) is 5.26 Å². The van der Waals surface area contributed by atoms with Gasteiger partial charge in [-0.25, -0.2) is 0 Å². The minimum Gasteiger partial charge on any atom is -0.305 e. The monoisotopic (exact) mass is 414 g/mol. The molecule has 142 valence electrons. The minimum absolute atomic E-state index is 0. The van der Waals surface area contributed by atoms with E-state index in [1.54, 1.807) is 0 Å². The molecule has 0 fully saturated rings. The number of aromatic nitrogens is 1. The summed E-state index contributed by atoms with van der Waals surface area (Å²) in [6, 6.07) is 10.1. The zero-order valence-corrected chi connectivity index (χ0v) is 17.5. The highest BCUT2D eigenvalue weighted by Crippen LogP contribution is 2.23. The molecule has 0 amide bonds. The molecule has 0 atom stereocenters. The summed E-state index contributed by atoms with van der Waals surface area (Å²) in [6.07, 6.45) is 5.08. The lowest BCUT2D eigenvalue weighted by molar-refractivity contribution is 0.243. The van der Waals surface area contributed by atoms with E-state index in [-0.39, 0.29) is 37.2 Å². The molecule has 1 aromatic heterocycles. The minimum atomic E-state index is 0. The van der Waals surface area contributed by atoms with Gasteiger partial charge in [-0.1, -0.05) is 12.1 Å². The predicted molar refractivity (Wildman–Crippen MR) is 112 cm³/mol. The first-order chi connectivity index (χ1) is 11.2. The average Bonchev–Trinajstić information content (AvgIpc) is 2.54. The van der Waals surface area contributed by atoms with E-state index in [2.05, 4.69) is 41.0 Å². The van der Waals surface area contributed by atoms with E-state index >= 15 is 0 Å². The first-order valence-corrected chi connectivity index (χ1v) is 7.96. The van der Waals surface area contributed by atoms with Crippen molar-refractivity contribution in [2.75, 3.05) is 20.6 Å². The van der Waals surface area contributed by atoms with Gasteiger partial charge in [0.2, 0.25) is 0 Å². The summed E-state index contributed by atoms with van der Waals surface area (Å²) in [7, 11) is 4.19. The molecule has 2 aromatic rings. The van der Waals surface area contributed by atoms with Gasteiger partial charge in [-0.3, -0.25) is 9.88 Å². The molecule has 1 aliphatic heterocycles. The Morgan fingerprint density at radius 1 is 1.19 bits per heavy atom. The molecule has 2 heterocycles. The number of halogens is 3. The number of rotatable bonds is 4. The Balaban J connectivity index is 0.00000208. The maximum absolute atomic E-state index is 9.02. The Morgan fingerprint density at radius 2 is 1.96 bits per heavy atom. The van der Waals surface area contributed by atoms with Crippen LogP contribution in [-0.2, 0) is 26.1 Å². The van der Waals surface area contributed by atoms with E-state index in [1.165, 1.54) is 22.3 Å². The topological polar surface area (TPSA) is 43.2 Å². The van der Waals surface area contributed by atoms with Crippen LogP contribution in [0.25, 0.3) is 0 Å². The summed E-state index contributed by atoms with van der Waals surface area (Å²) in [4.78, 5) is 9.05. The lowest BCUT2D eigenvalue weighted by Gasteiger charge is -2.30. The highest BCUT2D eigenvalue weighted by atomic mass is 35.5. The summed E-state index contributed by atoms with van der Waals surface area (Å²) in [5.41, 5.74) is 6.08. The van der Waals surface area contributed by atoms with Crippen molar-refractivity contribution >= 4 is 37.2 Å². The van der Waals surface area contributed by atoms with Gasteiger partial charge >= 0.3 is 0 Å². The Labute approximate surface area is 174 Å². The van der Waals surface area contributed by atoms with Crippen LogP contribution >= 0.6 is 37.2 Å². The molecule has 7 heteroatoms. The molecule has 0 aliphatic carbocycles. The predicted octanol–water partition coefficient (Wildman–Crippen LogP) is 3.84. The fourth-order valence-electron chi connectivity index (χ4n) is 3.24. The summed E-state index contributed by atoms with van der Waals surface area (Å²) in [6.45, 7) is 3.81. The SMILES string of the molecule is CN(C)Cc1cncc2c1CCN(Cc1cccc(C#N)c1)C2.Cl.Cl.Cl. The molecular weight excluding hydrogens is 391 g/mol. The van der Waals surface area contributed by atoms with Gasteiger partial charge in [0.25, 0.3) is 0 Å². The molecule has 0 bridgehead atoms. The first-order valence-electron chi connectivity index (χ1n) is 7.96. The van der Waals surface area contributed by atoms with Crippen molar-refractivity contribution in [3.05, 3.63) is 64.5 Å². The zero-order chi connectivity index (χ0) is 16.2. The van der Waals surface area contributed by atoms with Crippen molar-refractivity contribution in [1.29, 1.82) is 5.26 Å². The molecule has 0 unspecified atom stereocenters. The number of pyridine rings is 1. The Kier molecular flexibility index (Phi) is 10.8. The van der Waals surface area contributed by atoms with Crippen LogP contribution in [0.2, 0.25) is 0 Å². The third kappa shape index (κ3) is 6.12. The fraction of sp³-hybridized carbons (Fsp3) is 0.368. The van der Waals surface area contributed by atoms with Crippen molar-refractivity contribution in [1.82, 2.24) is 14.8 Å². The molecule has 0 spiro atoms. The number of benzene rings is 1. The van der Waals surface area contributed by atoms with E-state index in [9.17, 15) is 0 Å². The fourth-order valence-corrected chi connectivity index (χ4v) is 3.24. The van der Waals surface area contributed by atoms with Crippen molar-refractivity contribution < 1.29 is 0 Å². The molecule has 1 aromatic carbocycles. The van der Waals surface area contributed by atoms with Gasteiger partial charge in [0.05, 0.1) is 11.6 Å². The lowest BCUT2D eigenvalue weighted by atomic mass is 9.96. The maximum Gasteiger partial charge on any atom is 0.0991 e. The highest BCUT2D eigenvalue weighted by Gasteiger charge is 2.19. The van der Waals surface area contributed by atoms with Gasteiger partial charge in [0.1, 0.15) is 0 Å². The summed E-state index contributed by atoms with van der Waals surface area (Å²) >= 11 is 0. The van der Waals surface area contributed by atoms with E-state index < -0.39 is 0 Å². The van der Waals surface area contributed by atoms with Gasteiger partial charge in [-0.15, -0.1) is 37.2 Å². The van der Waals surface area contributed by atoms with Gasteiger partial charge in [0.15, 0.2) is 0 Å². The molecule has 3 rings (SSSR count). The second-order valence-corrected chi connectivity index (χ2v) is 6.45. The summed E-state index contributed by atoms with van der Waals surface area (Å²) in [5, 5.41) is 9.02. The summed E-state index contributed by atoms with van der Waals surface area (Å²) in [5.74, 6) is 0. The van der Waals surface area contributed by atoms with Crippen LogP contribution in [0.4, 0.5) is 0 Å². The second kappa shape index (κ2) is 11.4.